The second-order valence-electron chi connectivity index (χ2n) is 5.56. The Labute approximate surface area is 105 Å². The maximum absolute atomic E-state index is 5.84. The van der Waals surface area contributed by atoms with Gasteiger partial charge in [0.2, 0.25) is 0 Å². The normalized spacial score (nSPS) is 13.6. The Balaban J connectivity index is 2.79. The molecule has 1 atom stereocenters. The van der Waals surface area contributed by atoms with E-state index in [0.29, 0.717) is 17.9 Å². The predicted molar refractivity (Wildman–Crippen MR) is 70.8 cm³/mol. The number of aryl methyl sites for hydroxylation is 1. The predicted octanol–water partition coefficient (Wildman–Crippen LogP) is 2.33. The molecule has 0 aliphatic carbocycles. The van der Waals surface area contributed by atoms with Crippen molar-refractivity contribution in [1.82, 2.24) is 14.8 Å². The Kier molecular flexibility index (Phi) is 5.12. The van der Waals surface area contributed by atoms with Crippen LogP contribution in [0.15, 0.2) is 0 Å². The van der Waals surface area contributed by atoms with Gasteiger partial charge in [0.1, 0.15) is 11.6 Å². The van der Waals surface area contributed by atoms with Gasteiger partial charge in [-0.1, -0.05) is 13.8 Å². The van der Waals surface area contributed by atoms with Crippen molar-refractivity contribution in [3.05, 3.63) is 11.6 Å². The van der Waals surface area contributed by atoms with E-state index in [9.17, 15) is 0 Å². The van der Waals surface area contributed by atoms with E-state index >= 15 is 0 Å². The molecule has 0 saturated heterocycles. The molecule has 0 saturated carbocycles. The second kappa shape index (κ2) is 6.15. The topological polar surface area (TPSA) is 56.7 Å². The fraction of sp³-hybridized carbons (Fsp3) is 0.846. The van der Waals surface area contributed by atoms with Gasteiger partial charge in [0.25, 0.3) is 0 Å². The molecule has 0 radical (unpaired) electrons. The molecule has 98 valence electrons. The Hall–Kier alpha value is -0.900. The van der Waals surface area contributed by atoms with E-state index in [0.717, 1.165) is 31.0 Å². The quantitative estimate of drug-likeness (QED) is 0.827. The summed E-state index contributed by atoms with van der Waals surface area (Å²) in [6, 6.07) is 0.414. The first kappa shape index (κ1) is 14.2. The number of hydrogen-bond donors (Lipinski definition) is 1. The van der Waals surface area contributed by atoms with E-state index in [-0.39, 0.29) is 0 Å². The smallest absolute Gasteiger partial charge is 0.133 e. The Morgan fingerprint density at radius 1 is 1.18 bits per heavy atom. The van der Waals surface area contributed by atoms with Gasteiger partial charge in [-0.15, -0.1) is 10.2 Å². The van der Waals surface area contributed by atoms with Gasteiger partial charge in [-0.2, -0.15) is 0 Å². The number of aromatic nitrogens is 3. The third kappa shape index (κ3) is 3.80. The molecule has 2 N–H and O–H groups in total. The molecule has 0 fully saturated rings. The van der Waals surface area contributed by atoms with Gasteiger partial charge in [-0.3, -0.25) is 0 Å². The third-order valence-corrected chi connectivity index (χ3v) is 3.06. The highest BCUT2D eigenvalue weighted by Gasteiger charge is 2.17. The van der Waals surface area contributed by atoms with Gasteiger partial charge in [0.05, 0.1) is 0 Å². The van der Waals surface area contributed by atoms with E-state index < -0.39 is 0 Å². The molecule has 0 amide bonds. The zero-order chi connectivity index (χ0) is 13.0. The molecular formula is C13H26N4. The van der Waals surface area contributed by atoms with Gasteiger partial charge in [-0.25, -0.2) is 0 Å². The third-order valence-electron chi connectivity index (χ3n) is 3.06. The molecule has 0 bridgehead atoms. The van der Waals surface area contributed by atoms with Crippen molar-refractivity contribution in [3.63, 3.8) is 0 Å². The molecule has 1 aromatic heterocycles. The molecule has 0 unspecified atom stereocenters. The summed E-state index contributed by atoms with van der Waals surface area (Å²) in [6.45, 7) is 11.5. The molecule has 17 heavy (non-hydrogen) atoms. The standard InChI is InChI=1S/C13H26N4/c1-9(2)6-12(8-14)7-13-16-15-11(5)17(13)10(3)4/h9-10,12H,6-8,14H2,1-5H3/t12-/m0/s1. The molecule has 4 nitrogen and oxygen atoms in total. The summed E-state index contributed by atoms with van der Waals surface area (Å²) in [5, 5.41) is 8.47. The monoisotopic (exact) mass is 238 g/mol. The lowest BCUT2D eigenvalue weighted by atomic mass is 9.94. The lowest BCUT2D eigenvalue weighted by molar-refractivity contribution is 0.397. The van der Waals surface area contributed by atoms with E-state index in [1.165, 1.54) is 0 Å². The van der Waals surface area contributed by atoms with E-state index in [1.54, 1.807) is 0 Å². The van der Waals surface area contributed by atoms with Crippen LogP contribution in [0.2, 0.25) is 0 Å². The maximum Gasteiger partial charge on any atom is 0.133 e. The molecule has 4 heteroatoms. The Morgan fingerprint density at radius 3 is 2.29 bits per heavy atom. The minimum atomic E-state index is 0.414. The van der Waals surface area contributed by atoms with Gasteiger partial charge < -0.3 is 10.3 Å². The van der Waals surface area contributed by atoms with Crippen molar-refractivity contribution < 1.29 is 0 Å². The molecule has 1 heterocycles. The second-order valence-corrected chi connectivity index (χ2v) is 5.56. The average Bonchev–Trinajstić information content (AvgIpc) is 2.58. The molecular weight excluding hydrogens is 212 g/mol. The fourth-order valence-corrected chi connectivity index (χ4v) is 2.41. The number of nitrogens with zero attached hydrogens (tertiary/aromatic N) is 3. The first-order valence-corrected chi connectivity index (χ1v) is 6.56. The van der Waals surface area contributed by atoms with Gasteiger partial charge in [0.15, 0.2) is 0 Å². The highest BCUT2D eigenvalue weighted by molar-refractivity contribution is 4.97. The van der Waals surface area contributed by atoms with Gasteiger partial charge >= 0.3 is 0 Å². The van der Waals surface area contributed by atoms with Crippen molar-refractivity contribution in [2.24, 2.45) is 17.6 Å². The van der Waals surface area contributed by atoms with E-state index in [2.05, 4.69) is 42.5 Å². The average molecular weight is 238 g/mol. The first-order chi connectivity index (χ1) is 7.95. The number of hydrogen-bond acceptors (Lipinski definition) is 3. The fourth-order valence-electron chi connectivity index (χ4n) is 2.41. The summed E-state index contributed by atoms with van der Waals surface area (Å²) in [5.41, 5.74) is 5.84. The van der Waals surface area contributed by atoms with Crippen molar-refractivity contribution in [2.45, 2.75) is 53.5 Å². The summed E-state index contributed by atoms with van der Waals surface area (Å²) in [4.78, 5) is 0. The molecule has 0 aliphatic heterocycles. The van der Waals surface area contributed by atoms with Crippen LogP contribution in [0.5, 0.6) is 0 Å². The van der Waals surface area contributed by atoms with Crippen molar-refractivity contribution in [2.75, 3.05) is 6.54 Å². The van der Waals surface area contributed by atoms with E-state index in [1.807, 2.05) is 6.92 Å². The van der Waals surface area contributed by atoms with Gasteiger partial charge in [0, 0.05) is 12.5 Å². The van der Waals surface area contributed by atoms with Crippen LogP contribution in [0.3, 0.4) is 0 Å². The lowest BCUT2D eigenvalue weighted by Gasteiger charge is -2.18. The minimum absolute atomic E-state index is 0.414. The Morgan fingerprint density at radius 2 is 1.82 bits per heavy atom. The van der Waals surface area contributed by atoms with Crippen molar-refractivity contribution in [1.29, 1.82) is 0 Å². The van der Waals surface area contributed by atoms with E-state index in [4.69, 9.17) is 5.73 Å². The maximum atomic E-state index is 5.84. The summed E-state index contributed by atoms with van der Waals surface area (Å²) in [5.74, 6) is 3.26. The molecule has 1 aromatic rings. The molecule has 0 aliphatic rings. The van der Waals surface area contributed by atoms with Crippen LogP contribution in [0.4, 0.5) is 0 Å². The number of nitrogens with two attached hydrogens (primary N) is 1. The summed E-state index contributed by atoms with van der Waals surface area (Å²) in [7, 11) is 0. The molecule has 0 aromatic carbocycles. The number of rotatable bonds is 6. The first-order valence-electron chi connectivity index (χ1n) is 6.56. The van der Waals surface area contributed by atoms with Crippen LogP contribution in [-0.2, 0) is 6.42 Å². The summed E-state index contributed by atoms with van der Waals surface area (Å²) in [6.07, 6.45) is 2.09. The highest BCUT2D eigenvalue weighted by atomic mass is 15.3. The summed E-state index contributed by atoms with van der Waals surface area (Å²) < 4.78 is 2.21. The minimum Gasteiger partial charge on any atom is -0.330 e. The van der Waals surface area contributed by atoms with Crippen molar-refractivity contribution in [3.8, 4) is 0 Å². The SMILES string of the molecule is Cc1nnc(C[C@@H](CN)CC(C)C)n1C(C)C. The van der Waals surface area contributed by atoms with Crippen LogP contribution in [0.1, 0.15) is 51.8 Å². The van der Waals surface area contributed by atoms with Crippen LogP contribution in [0, 0.1) is 18.8 Å². The van der Waals surface area contributed by atoms with Crippen LogP contribution in [0.25, 0.3) is 0 Å². The van der Waals surface area contributed by atoms with Crippen LogP contribution >= 0.6 is 0 Å². The molecule has 1 rings (SSSR count). The zero-order valence-corrected chi connectivity index (χ0v) is 11.8. The molecule has 0 spiro atoms. The van der Waals surface area contributed by atoms with Crippen LogP contribution < -0.4 is 5.73 Å². The Bertz CT molecular complexity index is 341. The zero-order valence-electron chi connectivity index (χ0n) is 11.8. The van der Waals surface area contributed by atoms with Gasteiger partial charge in [-0.05, 0) is 45.6 Å². The van der Waals surface area contributed by atoms with Crippen molar-refractivity contribution >= 4 is 0 Å². The lowest BCUT2D eigenvalue weighted by Crippen LogP contribution is -2.21. The largest absolute Gasteiger partial charge is 0.330 e. The summed E-state index contributed by atoms with van der Waals surface area (Å²) >= 11 is 0. The van der Waals surface area contributed by atoms with Crippen LogP contribution in [-0.4, -0.2) is 21.3 Å². The highest BCUT2D eigenvalue weighted by Crippen LogP contribution is 2.18.